The third kappa shape index (κ3) is 3.17. The average molecular weight is 315 g/mol. The van der Waals surface area contributed by atoms with Gasteiger partial charge in [-0.3, -0.25) is 0 Å². The van der Waals surface area contributed by atoms with Crippen molar-refractivity contribution in [2.45, 2.75) is 37.5 Å². The molecule has 0 saturated carbocycles. The lowest BCUT2D eigenvalue weighted by Gasteiger charge is -2.37. The minimum absolute atomic E-state index is 0.103. The normalized spacial score (nSPS) is 29.0. The maximum absolute atomic E-state index is 14.0. The van der Waals surface area contributed by atoms with E-state index in [1.54, 1.807) is 0 Å². The zero-order valence-electron chi connectivity index (χ0n) is 11.7. The van der Waals surface area contributed by atoms with E-state index in [1.807, 2.05) is 11.8 Å². The third-order valence-corrected chi connectivity index (χ3v) is 5.32. The predicted molar refractivity (Wildman–Crippen MR) is 78.5 cm³/mol. The highest BCUT2D eigenvalue weighted by Gasteiger charge is 2.41. The second-order valence-electron chi connectivity index (χ2n) is 5.66. The maximum atomic E-state index is 14.0. The summed E-state index contributed by atoms with van der Waals surface area (Å²) in [5, 5.41) is 0. The number of hydrogen-bond acceptors (Lipinski definition) is 4. The Morgan fingerprint density at radius 3 is 2.76 bits per heavy atom. The van der Waals surface area contributed by atoms with Gasteiger partial charge in [-0.05, 0) is 29.9 Å². The van der Waals surface area contributed by atoms with Crippen molar-refractivity contribution < 1.29 is 18.3 Å². The van der Waals surface area contributed by atoms with Crippen LogP contribution in [0, 0.1) is 11.6 Å². The molecule has 0 aromatic heterocycles. The fourth-order valence-electron chi connectivity index (χ4n) is 2.96. The second kappa shape index (κ2) is 6.10. The van der Waals surface area contributed by atoms with Gasteiger partial charge in [0.15, 0.2) is 17.4 Å². The zero-order valence-corrected chi connectivity index (χ0v) is 12.6. The van der Waals surface area contributed by atoms with Crippen LogP contribution >= 0.6 is 11.8 Å². The smallest absolute Gasteiger partial charge is 0.191 e. The van der Waals surface area contributed by atoms with Gasteiger partial charge in [-0.25, -0.2) is 8.78 Å². The van der Waals surface area contributed by atoms with Gasteiger partial charge in [0.2, 0.25) is 0 Å². The van der Waals surface area contributed by atoms with Crippen molar-refractivity contribution in [2.75, 3.05) is 18.1 Å². The molecule has 2 atom stereocenters. The molecule has 2 heterocycles. The summed E-state index contributed by atoms with van der Waals surface area (Å²) >= 11 is 1.86. The summed E-state index contributed by atoms with van der Waals surface area (Å²) in [6, 6.07) is 2.47. The Morgan fingerprint density at radius 1 is 1.38 bits per heavy atom. The number of rotatable bonds is 3. The van der Waals surface area contributed by atoms with Crippen LogP contribution in [0.4, 0.5) is 8.78 Å². The zero-order chi connectivity index (χ0) is 14.9. The Hall–Kier alpha value is -0.850. The van der Waals surface area contributed by atoms with E-state index in [-0.39, 0.29) is 24.0 Å². The number of ether oxygens (including phenoxy) is 2. The number of hydrogen-bond donors (Lipinski definition) is 1. The Morgan fingerprint density at radius 2 is 2.14 bits per heavy atom. The summed E-state index contributed by atoms with van der Waals surface area (Å²) in [4.78, 5) is 0. The van der Waals surface area contributed by atoms with Crippen molar-refractivity contribution in [3.63, 3.8) is 0 Å². The largest absolute Gasteiger partial charge is 0.484 e. The summed E-state index contributed by atoms with van der Waals surface area (Å²) in [5.41, 5.74) is 5.66. The van der Waals surface area contributed by atoms with E-state index in [2.05, 4.69) is 0 Å². The molecule has 116 valence electrons. The van der Waals surface area contributed by atoms with E-state index in [1.165, 1.54) is 12.1 Å². The Labute approximate surface area is 127 Å². The Balaban J connectivity index is 1.74. The standard InChI is InChI=1S/C15H19F2NO2S/c16-12-5-10(8-18)6-13(17)14(12)20-11-1-3-19-15(7-11)2-4-21-9-15/h5-6,11H,1-4,7-9,18H2. The average Bonchev–Trinajstić information content (AvgIpc) is 2.90. The molecule has 2 fully saturated rings. The molecule has 0 amide bonds. The molecule has 6 heteroatoms. The molecule has 1 aromatic carbocycles. The lowest BCUT2D eigenvalue weighted by atomic mass is 9.91. The highest BCUT2D eigenvalue weighted by molar-refractivity contribution is 7.99. The lowest BCUT2D eigenvalue weighted by molar-refractivity contribution is -0.0969. The minimum Gasteiger partial charge on any atom is -0.484 e. The molecule has 2 saturated heterocycles. The summed E-state index contributed by atoms with van der Waals surface area (Å²) in [6.07, 6.45) is 2.13. The SMILES string of the molecule is NCc1cc(F)c(OC2CCOC3(CCSC3)C2)c(F)c1. The highest BCUT2D eigenvalue weighted by Crippen LogP contribution is 2.39. The van der Waals surface area contributed by atoms with Gasteiger partial charge in [0.05, 0.1) is 12.2 Å². The molecule has 1 spiro atoms. The minimum atomic E-state index is -0.684. The van der Waals surface area contributed by atoms with Crippen LogP contribution in [-0.2, 0) is 11.3 Å². The molecule has 1 aromatic rings. The van der Waals surface area contributed by atoms with Crippen molar-refractivity contribution in [3.05, 3.63) is 29.3 Å². The molecule has 2 N–H and O–H groups in total. The first kappa shape index (κ1) is 15.1. The molecule has 0 aliphatic carbocycles. The van der Waals surface area contributed by atoms with Crippen molar-refractivity contribution in [1.82, 2.24) is 0 Å². The molecule has 0 bridgehead atoms. The lowest BCUT2D eigenvalue weighted by Crippen LogP contribution is -2.44. The molecular formula is C15H19F2NO2S. The van der Waals surface area contributed by atoms with Gasteiger partial charge in [-0.1, -0.05) is 0 Å². The van der Waals surface area contributed by atoms with Crippen LogP contribution < -0.4 is 10.5 Å². The van der Waals surface area contributed by atoms with Gasteiger partial charge in [0.25, 0.3) is 0 Å². The van der Waals surface area contributed by atoms with Crippen molar-refractivity contribution >= 4 is 11.8 Å². The summed E-state index contributed by atoms with van der Waals surface area (Å²) < 4.78 is 39.4. The maximum Gasteiger partial charge on any atom is 0.191 e. The van der Waals surface area contributed by atoms with Crippen molar-refractivity contribution in [3.8, 4) is 5.75 Å². The van der Waals surface area contributed by atoms with Crippen LogP contribution in [0.25, 0.3) is 0 Å². The first-order valence-electron chi connectivity index (χ1n) is 7.18. The molecule has 2 aliphatic rings. The van der Waals surface area contributed by atoms with Crippen LogP contribution in [0.5, 0.6) is 5.75 Å². The molecule has 3 rings (SSSR count). The monoisotopic (exact) mass is 315 g/mol. The molecular weight excluding hydrogens is 296 g/mol. The van der Waals surface area contributed by atoms with E-state index in [0.29, 0.717) is 25.0 Å². The van der Waals surface area contributed by atoms with Gasteiger partial charge in [-0.2, -0.15) is 11.8 Å². The molecule has 0 radical (unpaired) electrons. The van der Waals surface area contributed by atoms with E-state index < -0.39 is 11.6 Å². The number of thioether (sulfide) groups is 1. The third-order valence-electron chi connectivity index (χ3n) is 4.09. The van der Waals surface area contributed by atoms with Crippen molar-refractivity contribution in [1.29, 1.82) is 0 Å². The Bertz CT molecular complexity index is 497. The van der Waals surface area contributed by atoms with E-state index in [4.69, 9.17) is 15.2 Å². The van der Waals surface area contributed by atoms with E-state index in [9.17, 15) is 8.78 Å². The topological polar surface area (TPSA) is 44.5 Å². The first-order chi connectivity index (χ1) is 10.1. The first-order valence-corrected chi connectivity index (χ1v) is 8.34. The van der Waals surface area contributed by atoms with Gasteiger partial charge >= 0.3 is 0 Å². The van der Waals surface area contributed by atoms with E-state index >= 15 is 0 Å². The summed E-state index contributed by atoms with van der Waals surface area (Å²) in [5.74, 6) is 0.346. The molecule has 2 unspecified atom stereocenters. The van der Waals surface area contributed by atoms with Gasteiger partial charge in [0, 0.05) is 25.1 Å². The van der Waals surface area contributed by atoms with Crippen molar-refractivity contribution in [2.24, 2.45) is 5.73 Å². The fraction of sp³-hybridized carbons (Fsp3) is 0.600. The van der Waals surface area contributed by atoms with Gasteiger partial charge in [0.1, 0.15) is 6.10 Å². The van der Waals surface area contributed by atoms with Gasteiger partial charge < -0.3 is 15.2 Å². The number of nitrogens with two attached hydrogens (primary N) is 1. The summed E-state index contributed by atoms with van der Waals surface area (Å²) in [6.45, 7) is 0.682. The quantitative estimate of drug-likeness (QED) is 0.931. The van der Waals surface area contributed by atoms with Crippen LogP contribution in [0.15, 0.2) is 12.1 Å². The van der Waals surface area contributed by atoms with Gasteiger partial charge in [-0.15, -0.1) is 0 Å². The molecule has 3 nitrogen and oxygen atoms in total. The fourth-order valence-corrected chi connectivity index (χ4v) is 4.33. The van der Waals surface area contributed by atoms with Crippen LogP contribution in [-0.4, -0.2) is 29.8 Å². The molecule has 2 aliphatic heterocycles. The predicted octanol–water partition coefficient (Wildman–Crippen LogP) is 2.86. The van der Waals surface area contributed by atoms with Crippen LogP contribution in [0.2, 0.25) is 0 Å². The highest BCUT2D eigenvalue weighted by atomic mass is 32.2. The molecule has 21 heavy (non-hydrogen) atoms. The number of benzene rings is 1. The number of halogens is 2. The van der Waals surface area contributed by atoms with E-state index in [0.717, 1.165) is 17.9 Å². The Kier molecular flexibility index (Phi) is 4.38. The summed E-state index contributed by atoms with van der Waals surface area (Å²) in [7, 11) is 0. The second-order valence-corrected chi connectivity index (χ2v) is 6.76. The van der Waals surface area contributed by atoms with Crippen LogP contribution in [0.3, 0.4) is 0 Å². The van der Waals surface area contributed by atoms with Crippen LogP contribution in [0.1, 0.15) is 24.8 Å².